The molecule has 0 unspecified atom stereocenters. The van der Waals surface area contributed by atoms with E-state index < -0.39 is 0 Å². The van der Waals surface area contributed by atoms with Crippen molar-refractivity contribution in [2.24, 2.45) is 0 Å². The Morgan fingerprint density at radius 1 is 1.30 bits per heavy atom. The molecular formula is C17H13ClN8O. The van der Waals surface area contributed by atoms with Gasteiger partial charge in [0.1, 0.15) is 17.0 Å². The molecule has 0 radical (unpaired) electrons. The fourth-order valence-electron chi connectivity index (χ4n) is 2.92. The fourth-order valence-corrected chi connectivity index (χ4v) is 3.15. The van der Waals surface area contributed by atoms with Gasteiger partial charge in [-0.2, -0.15) is 10.2 Å². The van der Waals surface area contributed by atoms with Gasteiger partial charge in [0, 0.05) is 12.3 Å². The maximum atomic E-state index is 6.32. The van der Waals surface area contributed by atoms with E-state index in [1.165, 1.54) is 0 Å². The molecule has 0 amide bonds. The van der Waals surface area contributed by atoms with Crippen LogP contribution in [0.15, 0.2) is 41.2 Å². The number of fused-ring (bicyclic) bond motifs is 2. The van der Waals surface area contributed by atoms with Crippen LogP contribution in [0.25, 0.3) is 22.1 Å². The Morgan fingerprint density at radius 3 is 3.07 bits per heavy atom. The maximum absolute atomic E-state index is 6.32. The number of nitrogens with zero attached hydrogens (tertiary/aromatic N) is 6. The third kappa shape index (κ3) is 2.77. The molecule has 10 heteroatoms. The molecule has 134 valence electrons. The molecule has 0 aliphatic carbocycles. The largest absolute Gasteiger partial charge is 0.361 e. The molecule has 5 heterocycles. The third-order valence-electron chi connectivity index (χ3n) is 4.11. The van der Waals surface area contributed by atoms with Crippen LogP contribution in [0.5, 0.6) is 0 Å². The van der Waals surface area contributed by atoms with Crippen LogP contribution in [0.2, 0.25) is 5.15 Å². The van der Waals surface area contributed by atoms with E-state index in [1.807, 2.05) is 31.2 Å². The first-order chi connectivity index (χ1) is 13.2. The van der Waals surface area contributed by atoms with Gasteiger partial charge in [-0.25, -0.2) is 9.67 Å². The van der Waals surface area contributed by atoms with Crippen molar-refractivity contribution in [1.82, 2.24) is 35.1 Å². The molecule has 27 heavy (non-hydrogen) atoms. The summed E-state index contributed by atoms with van der Waals surface area (Å²) in [6.45, 7) is 2.27. The molecular weight excluding hydrogens is 368 g/mol. The standard InChI is InChI=1S/C17H13ClN8O/c1-9-5-11(25-27-9)8-26-17-12(15(18)24-26)6-10(7-20-17)21-16-14-13(22-23-16)3-2-4-19-14/h2-7H,8H2,1H3,(H2,21,22,23). The van der Waals surface area contributed by atoms with Crippen molar-refractivity contribution < 1.29 is 4.52 Å². The number of H-pyrrole nitrogens is 1. The van der Waals surface area contributed by atoms with E-state index in [9.17, 15) is 0 Å². The number of nitrogens with one attached hydrogen (secondary N) is 2. The lowest BCUT2D eigenvalue weighted by Gasteiger charge is -2.04. The summed E-state index contributed by atoms with van der Waals surface area (Å²) in [7, 11) is 0. The van der Waals surface area contributed by atoms with Gasteiger partial charge in [-0.3, -0.25) is 10.1 Å². The monoisotopic (exact) mass is 380 g/mol. The third-order valence-corrected chi connectivity index (χ3v) is 4.39. The van der Waals surface area contributed by atoms with Crippen molar-refractivity contribution in [3.63, 3.8) is 0 Å². The lowest BCUT2D eigenvalue weighted by Crippen LogP contribution is -2.03. The van der Waals surface area contributed by atoms with Gasteiger partial charge in [-0.1, -0.05) is 16.8 Å². The average Bonchev–Trinajstić information content (AvgIpc) is 3.35. The minimum absolute atomic E-state index is 0.367. The van der Waals surface area contributed by atoms with E-state index in [4.69, 9.17) is 16.1 Å². The number of halogens is 1. The normalized spacial score (nSPS) is 11.5. The molecule has 5 rings (SSSR count). The van der Waals surface area contributed by atoms with Gasteiger partial charge < -0.3 is 9.84 Å². The van der Waals surface area contributed by atoms with Crippen LogP contribution in [0, 0.1) is 6.92 Å². The van der Waals surface area contributed by atoms with Gasteiger partial charge in [-0.05, 0) is 25.1 Å². The molecule has 0 aliphatic rings. The van der Waals surface area contributed by atoms with Crippen molar-refractivity contribution in [3.8, 4) is 0 Å². The average molecular weight is 381 g/mol. The minimum atomic E-state index is 0.367. The molecule has 0 atom stereocenters. The highest BCUT2D eigenvalue weighted by molar-refractivity contribution is 6.34. The molecule has 0 saturated heterocycles. The zero-order chi connectivity index (χ0) is 18.4. The first kappa shape index (κ1) is 15.8. The van der Waals surface area contributed by atoms with E-state index in [-0.39, 0.29) is 0 Å². The van der Waals surface area contributed by atoms with E-state index in [2.05, 4.69) is 35.7 Å². The summed E-state index contributed by atoms with van der Waals surface area (Å²) >= 11 is 6.32. The molecule has 2 N–H and O–H groups in total. The van der Waals surface area contributed by atoms with E-state index in [0.717, 1.165) is 33.6 Å². The maximum Gasteiger partial charge on any atom is 0.178 e. The van der Waals surface area contributed by atoms with Crippen LogP contribution in [0.4, 0.5) is 11.5 Å². The Balaban J connectivity index is 1.49. The predicted octanol–water partition coefficient (Wildman–Crippen LogP) is 3.44. The van der Waals surface area contributed by atoms with Gasteiger partial charge >= 0.3 is 0 Å². The Hall–Kier alpha value is -3.46. The Labute approximate surface area is 157 Å². The molecule has 0 saturated carbocycles. The molecule has 5 aromatic rings. The molecule has 9 nitrogen and oxygen atoms in total. The van der Waals surface area contributed by atoms with Crippen LogP contribution in [0.1, 0.15) is 11.5 Å². The summed E-state index contributed by atoms with van der Waals surface area (Å²) in [5.74, 6) is 1.36. The summed E-state index contributed by atoms with van der Waals surface area (Å²) in [6, 6.07) is 7.50. The zero-order valence-electron chi connectivity index (χ0n) is 14.1. The highest BCUT2D eigenvalue weighted by atomic mass is 35.5. The second-order valence-corrected chi connectivity index (χ2v) is 6.43. The number of anilines is 2. The highest BCUT2D eigenvalue weighted by Gasteiger charge is 2.14. The van der Waals surface area contributed by atoms with E-state index in [1.54, 1.807) is 17.1 Å². The summed E-state index contributed by atoms with van der Waals surface area (Å²) in [5.41, 5.74) is 3.76. The summed E-state index contributed by atoms with van der Waals surface area (Å²) in [4.78, 5) is 8.84. The van der Waals surface area contributed by atoms with Crippen molar-refractivity contribution in [3.05, 3.63) is 53.3 Å². The van der Waals surface area contributed by atoms with Crippen molar-refractivity contribution in [2.75, 3.05) is 5.32 Å². The first-order valence-corrected chi connectivity index (χ1v) is 8.55. The number of aryl methyl sites for hydroxylation is 1. The van der Waals surface area contributed by atoms with Crippen LogP contribution >= 0.6 is 11.6 Å². The molecule has 0 aliphatic heterocycles. The smallest absolute Gasteiger partial charge is 0.178 e. The van der Waals surface area contributed by atoms with Crippen molar-refractivity contribution in [1.29, 1.82) is 0 Å². The molecule has 0 spiro atoms. The van der Waals surface area contributed by atoms with Crippen molar-refractivity contribution in [2.45, 2.75) is 13.5 Å². The first-order valence-electron chi connectivity index (χ1n) is 8.18. The number of hydrogen-bond acceptors (Lipinski definition) is 7. The van der Waals surface area contributed by atoms with Crippen LogP contribution in [0.3, 0.4) is 0 Å². The van der Waals surface area contributed by atoms with Gasteiger partial charge in [0.15, 0.2) is 16.6 Å². The van der Waals surface area contributed by atoms with Gasteiger partial charge in [0.2, 0.25) is 0 Å². The summed E-state index contributed by atoms with van der Waals surface area (Å²) < 4.78 is 6.80. The van der Waals surface area contributed by atoms with E-state index in [0.29, 0.717) is 23.2 Å². The molecule has 0 bridgehead atoms. The molecule has 0 aromatic carbocycles. The lowest BCUT2D eigenvalue weighted by atomic mass is 10.3. The Kier molecular flexibility index (Phi) is 3.54. The zero-order valence-corrected chi connectivity index (χ0v) is 14.9. The van der Waals surface area contributed by atoms with E-state index >= 15 is 0 Å². The number of pyridine rings is 2. The summed E-state index contributed by atoms with van der Waals surface area (Å²) in [6.07, 6.45) is 3.42. The lowest BCUT2D eigenvalue weighted by molar-refractivity contribution is 0.388. The number of hydrogen-bond donors (Lipinski definition) is 2. The van der Waals surface area contributed by atoms with Gasteiger partial charge in [0.25, 0.3) is 0 Å². The number of aromatic amines is 1. The topological polar surface area (TPSA) is 110 Å². The highest BCUT2D eigenvalue weighted by Crippen LogP contribution is 2.27. The molecule has 5 aromatic heterocycles. The van der Waals surface area contributed by atoms with Crippen LogP contribution < -0.4 is 5.32 Å². The van der Waals surface area contributed by atoms with Gasteiger partial charge in [-0.15, -0.1) is 0 Å². The number of aromatic nitrogens is 7. The Bertz CT molecular complexity index is 1270. The SMILES string of the molecule is Cc1cc(Cn2nc(Cl)c3cc(Nc4n[nH]c5cccnc45)cnc32)no1. The second-order valence-electron chi connectivity index (χ2n) is 6.07. The molecule has 0 fully saturated rings. The second kappa shape index (κ2) is 6.06. The predicted molar refractivity (Wildman–Crippen MR) is 100 cm³/mol. The van der Waals surface area contributed by atoms with Gasteiger partial charge in [0.05, 0.1) is 29.3 Å². The van der Waals surface area contributed by atoms with Crippen LogP contribution in [-0.2, 0) is 6.54 Å². The summed E-state index contributed by atoms with van der Waals surface area (Å²) in [5, 5.41) is 19.9. The Morgan fingerprint density at radius 2 is 2.22 bits per heavy atom. The quantitative estimate of drug-likeness (QED) is 0.491. The van der Waals surface area contributed by atoms with Crippen molar-refractivity contribution >= 4 is 45.2 Å². The fraction of sp³-hybridized carbons (Fsp3) is 0.118. The minimum Gasteiger partial charge on any atom is -0.361 e. The van der Waals surface area contributed by atoms with Crippen LogP contribution in [-0.4, -0.2) is 35.1 Å². The number of rotatable bonds is 4.